The third-order valence-electron chi connectivity index (χ3n) is 4.83. The zero-order chi connectivity index (χ0) is 14.5. The topological polar surface area (TPSA) is 15.3 Å². The number of rotatable bonds is 5. The van der Waals surface area contributed by atoms with Crippen LogP contribution in [0.2, 0.25) is 0 Å². The normalized spacial score (nSPS) is 18.3. The Kier molecular flexibility index (Phi) is 4.97. The number of anilines is 1. The van der Waals surface area contributed by atoms with Crippen LogP contribution in [0.25, 0.3) is 0 Å². The molecular formula is C19H28N2. The maximum Gasteiger partial charge on any atom is 0.0396 e. The highest BCUT2D eigenvalue weighted by atomic mass is 15.1. The summed E-state index contributed by atoms with van der Waals surface area (Å²) in [5.74, 6) is 0. The van der Waals surface area contributed by atoms with Crippen molar-refractivity contribution in [3.63, 3.8) is 0 Å². The molecule has 0 aromatic heterocycles. The first-order valence-corrected chi connectivity index (χ1v) is 8.54. The number of benzene rings is 1. The molecule has 1 aromatic rings. The van der Waals surface area contributed by atoms with Gasteiger partial charge in [0.05, 0.1) is 0 Å². The van der Waals surface area contributed by atoms with Crippen molar-refractivity contribution >= 4 is 5.69 Å². The van der Waals surface area contributed by atoms with E-state index in [1.165, 1.54) is 68.3 Å². The molecule has 1 N–H and O–H groups in total. The summed E-state index contributed by atoms with van der Waals surface area (Å²) in [6, 6.07) is 6.99. The molecule has 1 aliphatic carbocycles. The Balaban J connectivity index is 1.48. The molecule has 21 heavy (non-hydrogen) atoms. The van der Waals surface area contributed by atoms with Gasteiger partial charge >= 0.3 is 0 Å². The molecule has 0 bridgehead atoms. The van der Waals surface area contributed by atoms with Crippen LogP contribution >= 0.6 is 0 Å². The van der Waals surface area contributed by atoms with E-state index in [0.29, 0.717) is 0 Å². The quantitative estimate of drug-likeness (QED) is 0.648. The molecule has 0 atom stereocenters. The second-order valence-corrected chi connectivity index (χ2v) is 6.52. The van der Waals surface area contributed by atoms with E-state index >= 15 is 0 Å². The van der Waals surface area contributed by atoms with Crippen molar-refractivity contribution in [3.8, 4) is 0 Å². The third kappa shape index (κ3) is 3.88. The van der Waals surface area contributed by atoms with Gasteiger partial charge in [0.1, 0.15) is 0 Å². The Bertz CT molecular complexity index is 504. The first-order valence-electron chi connectivity index (χ1n) is 8.54. The third-order valence-corrected chi connectivity index (χ3v) is 4.83. The zero-order valence-corrected chi connectivity index (χ0v) is 13.3. The van der Waals surface area contributed by atoms with E-state index in [0.717, 1.165) is 13.1 Å². The summed E-state index contributed by atoms with van der Waals surface area (Å²) >= 11 is 0. The monoisotopic (exact) mass is 284 g/mol. The van der Waals surface area contributed by atoms with Crippen LogP contribution < -0.4 is 10.2 Å². The molecule has 2 nitrogen and oxygen atoms in total. The van der Waals surface area contributed by atoms with Crippen molar-refractivity contribution in [1.29, 1.82) is 0 Å². The molecule has 114 valence electrons. The molecule has 2 aliphatic rings. The molecule has 0 amide bonds. The molecule has 0 unspecified atom stereocenters. The molecule has 3 rings (SSSR count). The predicted molar refractivity (Wildman–Crippen MR) is 90.9 cm³/mol. The van der Waals surface area contributed by atoms with E-state index < -0.39 is 0 Å². The van der Waals surface area contributed by atoms with Crippen LogP contribution in [0.3, 0.4) is 0 Å². The number of allylic oxidation sites excluding steroid dienone is 1. The van der Waals surface area contributed by atoms with Gasteiger partial charge < -0.3 is 10.2 Å². The number of hydrogen-bond acceptors (Lipinski definition) is 2. The van der Waals surface area contributed by atoms with Gasteiger partial charge in [0, 0.05) is 25.8 Å². The maximum absolute atomic E-state index is 3.61. The minimum Gasteiger partial charge on any atom is -0.374 e. The minimum atomic E-state index is 1.00. The summed E-state index contributed by atoms with van der Waals surface area (Å²) in [6.07, 6.45) is 11.6. The van der Waals surface area contributed by atoms with E-state index in [2.05, 4.69) is 41.5 Å². The Labute approximate surface area is 129 Å². The summed E-state index contributed by atoms with van der Waals surface area (Å²) in [7, 11) is 2.20. The van der Waals surface area contributed by atoms with Crippen LogP contribution in [-0.4, -0.2) is 20.1 Å². The fourth-order valence-electron chi connectivity index (χ4n) is 3.56. The number of aryl methyl sites for hydroxylation is 1. The van der Waals surface area contributed by atoms with E-state index in [1.807, 2.05) is 0 Å². The highest BCUT2D eigenvalue weighted by Gasteiger charge is 2.13. The number of hydrogen-bond donors (Lipinski definition) is 1. The lowest BCUT2D eigenvalue weighted by molar-refractivity contribution is 0.632. The smallest absolute Gasteiger partial charge is 0.0396 e. The van der Waals surface area contributed by atoms with Crippen molar-refractivity contribution in [2.45, 2.75) is 51.5 Å². The predicted octanol–water partition coefficient (Wildman–Crippen LogP) is 4.05. The molecule has 1 aliphatic heterocycles. The standard InChI is InChI=1S/C19H28N2/c1-21-13-5-8-18-14-17(9-10-19(18)21)15-20-12-11-16-6-3-2-4-7-16/h6,9-10,14,20H,2-5,7-8,11-13,15H2,1H3. The van der Waals surface area contributed by atoms with Gasteiger partial charge in [-0.1, -0.05) is 23.8 Å². The van der Waals surface area contributed by atoms with Crippen LogP contribution in [0.1, 0.15) is 49.7 Å². The van der Waals surface area contributed by atoms with Gasteiger partial charge in [0.25, 0.3) is 0 Å². The highest BCUT2D eigenvalue weighted by molar-refractivity contribution is 5.56. The van der Waals surface area contributed by atoms with Crippen molar-refractivity contribution in [3.05, 3.63) is 41.0 Å². The lowest BCUT2D eigenvalue weighted by atomic mass is 9.97. The van der Waals surface area contributed by atoms with Crippen molar-refractivity contribution in [2.24, 2.45) is 0 Å². The molecule has 0 spiro atoms. The molecule has 0 radical (unpaired) electrons. The average Bonchev–Trinajstić information content (AvgIpc) is 2.53. The molecule has 1 aromatic carbocycles. The minimum absolute atomic E-state index is 1.00. The van der Waals surface area contributed by atoms with E-state index in [-0.39, 0.29) is 0 Å². The van der Waals surface area contributed by atoms with Gasteiger partial charge in [0.15, 0.2) is 0 Å². The molecule has 1 heterocycles. The fourth-order valence-corrected chi connectivity index (χ4v) is 3.56. The van der Waals surface area contributed by atoms with Crippen LogP contribution in [0, 0.1) is 0 Å². The van der Waals surface area contributed by atoms with Crippen LogP contribution in [-0.2, 0) is 13.0 Å². The first-order chi connectivity index (χ1) is 10.3. The number of fused-ring (bicyclic) bond motifs is 1. The van der Waals surface area contributed by atoms with E-state index in [4.69, 9.17) is 0 Å². The molecule has 0 saturated carbocycles. The molecule has 2 heteroatoms. The fraction of sp³-hybridized carbons (Fsp3) is 0.579. The van der Waals surface area contributed by atoms with Gasteiger partial charge in [-0.15, -0.1) is 0 Å². The summed E-state index contributed by atoms with van der Waals surface area (Å²) in [5.41, 5.74) is 6.05. The molecular weight excluding hydrogens is 256 g/mol. The second kappa shape index (κ2) is 7.13. The van der Waals surface area contributed by atoms with Gasteiger partial charge in [-0.25, -0.2) is 0 Å². The average molecular weight is 284 g/mol. The SMILES string of the molecule is CN1CCCc2cc(CNCCC3=CCCCC3)ccc21. The van der Waals surface area contributed by atoms with Crippen molar-refractivity contribution in [1.82, 2.24) is 5.32 Å². The summed E-state index contributed by atoms with van der Waals surface area (Å²) < 4.78 is 0. The van der Waals surface area contributed by atoms with Crippen LogP contribution in [0.15, 0.2) is 29.8 Å². The van der Waals surface area contributed by atoms with Crippen LogP contribution in [0.5, 0.6) is 0 Å². The Morgan fingerprint density at radius 3 is 2.95 bits per heavy atom. The van der Waals surface area contributed by atoms with Crippen LogP contribution in [0.4, 0.5) is 5.69 Å². The number of nitrogens with one attached hydrogen (secondary N) is 1. The summed E-state index contributed by atoms with van der Waals surface area (Å²) in [5, 5.41) is 3.61. The zero-order valence-electron chi connectivity index (χ0n) is 13.3. The Morgan fingerprint density at radius 2 is 2.10 bits per heavy atom. The maximum atomic E-state index is 3.61. The molecule has 0 saturated heterocycles. The van der Waals surface area contributed by atoms with Gasteiger partial charge in [0.2, 0.25) is 0 Å². The van der Waals surface area contributed by atoms with Crippen molar-refractivity contribution < 1.29 is 0 Å². The lowest BCUT2D eigenvalue weighted by Crippen LogP contribution is -2.25. The molecule has 0 fully saturated rings. The summed E-state index contributed by atoms with van der Waals surface area (Å²) in [6.45, 7) is 3.31. The Hall–Kier alpha value is -1.28. The number of nitrogens with zero attached hydrogens (tertiary/aromatic N) is 1. The lowest BCUT2D eigenvalue weighted by Gasteiger charge is -2.27. The van der Waals surface area contributed by atoms with E-state index in [9.17, 15) is 0 Å². The van der Waals surface area contributed by atoms with Gasteiger partial charge in [-0.05, 0) is 68.7 Å². The second-order valence-electron chi connectivity index (χ2n) is 6.52. The highest BCUT2D eigenvalue weighted by Crippen LogP contribution is 2.26. The van der Waals surface area contributed by atoms with E-state index in [1.54, 1.807) is 5.57 Å². The van der Waals surface area contributed by atoms with Gasteiger partial charge in [-0.3, -0.25) is 0 Å². The first kappa shape index (κ1) is 14.6. The summed E-state index contributed by atoms with van der Waals surface area (Å²) in [4.78, 5) is 2.38. The largest absolute Gasteiger partial charge is 0.374 e. The van der Waals surface area contributed by atoms with Gasteiger partial charge in [-0.2, -0.15) is 0 Å². The van der Waals surface area contributed by atoms with Crippen molar-refractivity contribution in [2.75, 3.05) is 25.0 Å². The Morgan fingerprint density at radius 1 is 1.14 bits per heavy atom.